The summed E-state index contributed by atoms with van der Waals surface area (Å²) in [5, 5.41) is 11.3. The summed E-state index contributed by atoms with van der Waals surface area (Å²) in [6.45, 7) is 0.663. The standard InChI is InChI=1S/C15H11Br2ClO2/c16-10-5-9-3-4-20-15(9)11(7-10)14(19)8-1-2-13(18)12(17)6-8/h1-2,5-7,14,19H,3-4H2. The van der Waals surface area contributed by atoms with Crippen LogP contribution < -0.4 is 4.74 Å². The summed E-state index contributed by atoms with van der Waals surface area (Å²) in [4.78, 5) is 0. The van der Waals surface area contributed by atoms with Crippen molar-refractivity contribution in [2.75, 3.05) is 6.61 Å². The van der Waals surface area contributed by atoms with Crippen LogP contribution in [0, 0.1) is 0 Å². The highest BCUT2D eigenvalue weighted by atomic mass is 79.9. The van der Waals surface area contributed by atoms with Crippen LogP contribution in [0.25, 0.3) is 0 Å². The maximum atomic E-state index is 10.6. The maximum absolute atomic E-state index is 10.6. The Hall–Kier alpha value is -0.550. The van der Waals surface area contributed by atoms with Gasteiger partial charge >= 0.3 is 0 Å². The molecule has 0 spiro atoms. The van der Waals surface area contributed by atoms with E-state index in [0.29, 0.717) is 11.6 Å². The first kappa shape index (κ1) is 14.4. The van der Waals surface area contributed by atoms with E-state index >= 15 is 0 Å². The van der Waals surface area contributed by atoms with E-state index in [2.05, 4.69) is 31.9 Å². The third-order valence-corrected chi connectivity index (χ3v) is 5.00. The van der Waals surface area contributed by atoms with E-state index in [9.17, 15) is 5.11 Å². The largest absolute Gasteiger partial charge is 0.493 e. The van der Waals surface area contributed by atoms with Crippen molar-refractivity contribution in [2.45, 2.75) is 12.5 Å². The number of ether oxygens (including phenoxy) is 1. The molecule has 0 amide bonds. The van der Waals surface area contributed by atoms with Crippen LogP contribution in [-0.4, -0.2) is 11.7 Å². The number of aliphatic hydroxyl groups is 1. The fourth-order valence-electron chi connectivity index (χ4n) is 2.36. The number of fused-ring (bicyclic) bond motifs is 1. The zero-order valence-electron chi connectivity index (χ0n) is 10.4. The molecule has 0 radical (unpaired) electrons. The minimum Gasteiger partial charge on any atom is -0.493 e. The molecule has 1 heterocycles. The number of hydrogen-bond acceptors (Lipinski definition) is 2. The van der Waals surface area contributed by atoms with Crippen LogP contribution in [0.4, 0.5) is 0 Å². The molecule has 0 bridgehead atoms. The Kier molecular flexibility index (Phi) is 4.09. The van der Waals surface area contributed by atoms with Crippen molar-refractivity contribution in [3.63, 3.8) is 0 Å². The minimum atomic E-state index is -0.743. The Morgan fingerprint density at radius 1 is 1.20 bits per heavy atom. The molecule has 1 atom stereocenters. The van der Waals surface area contributed by atoms with E-state index in [1.54, 1.807) is 6.07 Å². The molecule has 0 aromatic heterocycles. The fraction of sp³-hybridized carbons (Fsp3) is 0.200. The van der Waals surface area contributed by atoms with Crippen molar-refractivity contribution in [2.24, 2.45) is 0 Å². The van der Waals surface area contributed by atoms with Gasteiger partial charge in [-0.3, -0.25) is 0 Å². The lowest BCUT2D eigenvalue weighted by molar-refractivity contribution is 0.213. The normalized spacial score (nSPS) is 14.8. The van der Waals surface area contributed by atoms with E-state index in [0.717, 1.165) is 37.8 Å². The summed E-state index contributed by atoms with van der Waals surface area (Å²) in [6.07, 6.45) is 0.131. The first-order valence-electron chi connectivity index (χ1n) is 6.14. The molecule has 20 heavy (non-hydrogen) atoms. The predicted octanol–water partition coefficient (Wildman–Crippen LogP) is 4.88. The summed E-state index contributed by atoms with van der Waals surface area (Å²) >= 11 is 12.9. The molecule has 1 unspecified atom stereocenters. The van der Waals surface area contributed by atoms with Crippen LogP contribution in [0.5, 0.6) is 5.75 Å². The molecule has 3 rings (SSSR count). The van der Waals surface area contributed by atoms with Gasteiger partial charge in [0.15, 0.2) is 0 Å². The highest BCUT2D eigenvalue weighted by molar-refractivity contribution is 9.10. The van der Waals surface area contributed by atoms with Crippen molar-refractivity contribution in [1.82, 2.24) is 0 Å². The average Bonchev–Trinajstić information content (AvgIpc) is 2.88. The van der Waals surface area contributed by atoms with Crippen molar-refractivity contribution >= 4 is 43.5 Å². The Bertz CT molecular complexity index is 673. The first-order chi connectivity index (χ1) is 9.56. The number of rotatable bonds is 2. The Morgan fingerprint density at radius 3 is 2.75 bits per heavy atom. The van der Waals surface area contributed by atoms with Crippen LogP contribution in [0.3, 0.4) is 0 Å². The fourth-order valence-corrected chi connectivity index (χ4v) is 3.40. The third kappa shape index (κ3) is 2.62. The van der Waals surface area contributed by atoms with Crippen molar-refractivity contribution < 1.29 is 9.84 Å². The topological polar surface area (TPSA) is 29.5 Å². The molecule has 0 saturated heterocycles. The average molecular weight is 419 g/mol. The molecule has 0 aliphatic carbocycles. The second-order valence-corrected chi connectivity index (χ2v) is 6.84. The van der Waals surface area contributed by atoms with Crippen LogP contribution in [0.2, 0.25) is 5.02 Å². The van der Waals surface area contributed by atoms with E-state index in [1.165, 1.54) is 0 Å². The lowest BCUT2D eigenvalue weighted by Gasteiger charge is -2.16. The Balaban J connectivity index is 2.06. The minimum absolute atomic E-state index is 0.622. The second kappa shape index (κ2) is 5.68. The molecule has 0 fully saturated rings. The quantitative estimate of drug-likeness (QED) is 0.753. The molecule has 2 aromatic rings. The van der Waals surface area contributed by atoms with Gasteiger partial charge in [-0.1, -0.05) is 33.6 Å². The van der Waals surface area contributed by atoms with Gasteiger partial charge in [-0.25, -0.2) is 0 Å². The van der Waals surface area contributed by atoms with E-state index in [1.807, 2.05) is 24.3 Å². The van der Waals surface area contributed by atoms with Gasteiger partial charge in [0.25, 0.3) is 0 Å². The lowest BCUT2D eigenvalue weighted by Crippen LogP contribution is -2.02. The van der Waals surface area contributed by atoms with Gasteiger partial charge < -0.3 is 9.84 Å². The van der Waals surface area contributed by atoms with Crippen LogP contribution in [-0.2, 0) is 6.42 Å². The predicted molar refractivity (Wildman–Crippen MR) is 86.6 cm³/mol. The van der Waals surface area contributed by atoms with Gasteiger partial charge in [0, 0.05) is 20.9 Å². The molecule has 104 valence electrons. The smallest absolute Gasteiger partial charge is 0.128 e. The van der Waals surface area contributed by atoms with Gasteiger partial charge in [0.1, 0.15) is 11.9 Å². The summed E-state index contributed by atoms with van der Waals surface area (Å²) in [7, 11) is 0. The highest BCUT2D eigenvalue weighted by Crippen LogP contribution is 2.39. The lowest BCUT2D eigenvalue weighted by atomic mass is 9.98. The highest BCUT2D eigenvalue weighted by Gasteiger charge is 2.23. The zero-order valence-corrected chi connectivity index (χ0v) is 14.3. The van der Waals surface area contributed by atoms with Gasteiger partial charge in [0.2, 0.25) is 0 Å². The van der Waals surface area contributed by atoms with Crippen LogP contribution in [0.1, 0.15) is 22.8 Å². The molecule has 1 aliphatic heterocycles. The van der Waals surface area contributed by atoms with Crippen LogP contribution >= 0.6 is 43.5 Å². The van der Waals surface area contributed by atoms with Gasteiger partial charge in [0.05, 0.1) is 11.6 Å². The van der Waals surface area contributed by atoms with Gasteiger partial charge in [-0.15, -0.1) is 0 Å². The van der Waals surface area contributed by atoms with Crippen molar-refractivity contribution in [1.29, 1.82) is 0 Å². The SMILES string of the molecule is OC(c1ccc(Cl)c(Br)c1)c1cc(Br)cc2c1OCC2. The zero-order chi connectivity index (χ0) is 14.3. The second-order valence-electron chi connectivity index (χ2n) is 4.66. The molecular weight excluding hydrogens is 407 g/mol. The molecule has 5 heteroatoms. The monoisotopic (exact) mass is 416 g/mol. The molecule has 1 aliphatic rings. The van der Waals surface area contributed by atoms with E-state index in [-0.39, 0.29) is 0 Å². The van der Waals surface area contributed by atoms with Crippen LogP contribution in [0.15, 0.2) is 39.3 Å². The molecule has 1 N–H and O–H groups in total. The summed E-state index contributed by atoms with van der Waals surface area (Å²) < 4.78 is 7.38. The van der Waals surface area contributed by atoms with Gasteiger partial charge in [-0.2, -0.15) is 0 Å². The molecule has 2 nitrogen and oxygen atoms in total. The number of benzene rings is 2. The molecule has 2 aromatic carbocycles. The number of aliphatic hydroxyl groups excluding tert-OH is 1. The van der Waals surface area contributed by atoms with Crippen molar-refractivity contribution in [3.05, 3.63) is 61.0 Å². The Morgan fingerprint density at radius 2 is 2.00 bits per heavy atom. The number of halogens is 3. The maximum Gasteiger partial charge on any atom is 0.128 e. The first-order valence-corrected chi connectivity index (χ1v) is 8.11. The number of hydrogen-bond donors (Lipinski definition) is 1. The van der Waals surface area contributed by atoms with Gasteiger partial charge in [-0.05, 0) is 51.3 Å². The summed E-state index contributed by atoms with van der Waals surface area (Å²) in [5.41, 5.74) is 2.68. The van der Waals surface area contributed by atoms with E-state index in [4.69, 9.17) is 16.3 Å². The van der Waals surface area contributed by atoms with Crippen molar-refractivity contribution in [3.8, 4) is 5.75 Å². The third-order valence-electron chi connectivity index (χ3n) is 3.33. The van der Waals surface area contributed by atoms with E-state index < -0.39 is 6.10 Å². The Labute approximate surface area is 139 Å². The molecular formula is C15H11Br2ClO2. The summed E-state index contributed by atoms with van der Waals surface area (Å²) in [5.74, 6) is 0.798. The summed E-state index contributed by atoms with van der Waals surface area (Å²) in [6, 6.07) is 9.35. The molecule has 0 saturated carbocycles.